The minimum Gasteiger partial charge on any atom is -0.348 e. The van der Waals surface area contributed by atoms with Crippen LogP contribution in [0.25, 0.3) is 5.52 Å². The summed E-state index contributed by atoms with van der Waals surface area (Å²) in [4.78, 5) is 16.4. The van der Waals surface area contributed by atoms with Crippen molar-refractivity contribution in [3.63, 3.8) is 0 Å². The van der Waals surface area contributed by atoms with E-state index in [0.717, 1.165) is 25.0 Å². The molecule has 2 N–H and O–H groups in total. The maximum absolute atomic E-state index is 12.3. The lowest BCUT2D eigenvalue weighted by Gasteiger charge is -2.30. The topological polar surface area (TPSA) is 71.3 Å². The fourth-order valence-electron chi connectivity index (χ4n) is 2.44. The van der Waals surface area contributed by atoms with Crippen molar-refractivity contribution in [2.45, 2.75) is 19.4 Å². The summed E-state index contributed by atoms with van der Waals surface area (Å²) in [5.74, 6) is 0.411. The van der Waals surface area contributed by atoms with Gasteiger partial charge in [0.05, 0.1) is 23.5 Å². The number of carbonyl (C=O) groups excluding carboxylic acids is 1. The molecule has 0 radical (unpaired) electrons. The first-order valence-electron chi connectivity index (χ1n) is 6.54. The van der Waals surface area contributed by atoms with Gasteiger partial charge in [-0.3, -0.25) is 9.78 Å². The summed E-state index contributed by atoms with van der Waals surface area (Å²) in [7, 11) is 0. The molecule has 0 bridgehead atoms. The smallest absolute Gasteiger partial charge is 0.255 e. The molecule has 0 aliphatic carbocycles. The van der Waals surface area contributed by atoms with Gasteiger partial charge in [-0.15, -0.1) is 12.4 Å². The summed E-state index contributed by atoms with van der Waals surface area (Å²) < 4.78 is 1.66. The van der Waals surface area contributed by atoms with Crippen LogP contribution in [0.15, 0.2) is 24.8 Å². The molecular weight excluding hydrogens is 278 g/mol. The van der Waals surface area contributed by atoms with Crippen LogP contribution in [0, 0.1) is 5.92 Å². The van der Waals surface area contributed by atoms with Gasteiger partial charge in [0.1, 0.15) is 0 Å². The first kappa shape index (κ1) is 14.7. The number of rotatable bonds is 2. The zero-order valence-electron chi connectivity index (χ0n) is 11.2. The van der Waals surface area contributed by atoms with Crippen LogP contribution in [-0.2, 0) is 0 Å². The van der Waals surface area contributed by atoms with Crippen LogP contribution in [0.4, 0.5) is 0 Å². The molecule has 2 aromatic heterocycles. The monoisotopic (exact) mass is 295 g/mol. The number of piperidine rings is 1. The second kappa shape index (κ2) is 6.19. The van der Waals surface area contributed by atoms with Gasteiger partial charge < -0.3 is 10.6 Å². The van der Waals surface area contributed by atoms with Gasteiger partial charge in [-0.2, -0.15) is 5.10 Å². The van der Waals surface area contributed by atoms with E-state index in [-0.39, 0.29) is 24.4 Å². The predicted octanol–water partition coefficient (Wildman–Crippen LogP) is 0.879. The van der Waals surface area contributed by atoms with Gasteiger partial charge >= 0.3 is 0 Å². The van der Waals surface area contributed by atoms with E-state index >= 15 is 0 Å². The summed E-state index contributed by atoms with van der Waals surface area (Å²) in [6.07, 6.45) is 7.71. The average Bonchev–Trinajstić information content (AvgIpc) is 2.85. The van der Waals surface area contributed by atoms with Crippen molar-refractivity contribution in [2.24, 2.45) is 5.92 Å². The largest absolute Gasteiger partial charge is 0.348 e. The Morgan fingerprint density at radius 1 is 1.50 bits per heavy atom. The Morgan fingerprint density at radius 3 is 3.15 bits per heavy atom. The number of aromatic nitrogens is 3. The minimum atomic E-state index is -0.0800. The molecule has 1 amide bonds. The molecule has 20 heavy (non-hydrogen) atoms. The molecule has 6 nitrogen and oxygen atoms in total. The Balaban J connectivity index is 0.00000147. The Labute approximate surface area is 123 Å². The SMILES string of the molecule is CC1CCNCC1NC(=O)c1cnn2ccncc12.Cl. The zero-order chi connectivity index (χ0) is 13.2. The average molecular weight is 296 g/mol. The highest BCUT2D eigenvalue weighted by Crippen LogP contribution is 2.13. The van der Waals surface area contributed by atoms with Crippen LogP contribution in [0.1, 0.15) is 23.7 Å². The summed E-state index contributed by atoms with van der Waals surface area (Å²) in [5.41, 5.74) is 1.31. The van der Waals surface area contributed by atoms with E-state index in [1.54, 1.807) is 29.3 Å². The van der Waals surface area contributed by atoms with E-state index in [2.05, 4.69) is 27.6 Å². The first-order chi connectivity index (χ1) is 9.25. The summed E-state index contributed by atoms with van der Waals surface area (Å²) in [5, 5.41) is 10.5. The molecule has 3 rings (SSSR count). The summed E-state index contributed by atoms with van der Waals surface area (Å²) in [6, 6.07) is 0.174. The van der Waals surface area contributed by atoms with Crippen molar-refractivity contribution in [3.8, 4) is 0 Å². The number of fused-ring (bicyclic) bond motifs is 1. The van der Waals surface area contributed by atoms with E-state index in [0.29, 0.717) is 11.5 Å². The number of hydrogen-bond acceptors (Lipinski definition) is 4. The van der Waals surface area contributed by atoms with Crippen molar-refractivity contribution < 1.29 is 4.79 Å². The molecule has 1 aliphatic heterocycles. The van der Waals surface area contributed by atoms with Gasteiger partial charge in [0.25, 0.3) is 5.91 Å². The third-order valence-electron chi connectivity index (χ3n) is 3.71. The number of carbonyl (C=O) groups is 1. The summed E-state index contributed by atoms with van der Waals surface area (Å²) >= 11 is 0. The molecule has 0 spiro atoms. The second-order valence-electron chi connectivity index (χ2n) is 5.01. The second-order valence-corrected chi connectivity index (χ2v) is 5.01. The number of nitrogens with zero attached hydrogens (tertiary/aromatic N) is 3. The molecule has 1 fully saturated rings. The fraction of sp³-hybridized carbons (Fsp3) is 0.462. The molecule has 2 atom stereocenters. The fourth-order valence-corrected chi connectivity index (χ4v) is 2.44. The van der Waals surface area contributed by atoms with Gasteiger partial charge in [0, 0.05) is 25.0 Å². The van der Waals surface area contributed by atoms with E-state index in [4.69, 9.17) is 0 Å². The number of hydrogen-bond donors (Lipinski definition) is 2. The van der Waals surface area contributed by atoms with Gasteiger partial charge in [-0.1, -0.05) is 6.92 Å². The molecule has 7 heteroatoms. The normalized spacial score (nSPS) is 22.2. The Kier molecular flexibility index (Phi) is 4.57. The third-order valence-corrected chi connectivity index (χ3v) is 3.71. The van der Waals surface area contributed by atoms with Crippen molar-refractivity contribution >= 4 is 23.8 Å². The van der Waals surface area contributed by atoms with Gasteiger partial charge in [0.15, 0.2) is 0 Å². The maximum atomic E-state index is 12.3. The number of nitrogens with one attached hydrogen (secondary N) is 2. The van der Waals surface area contributed by atoms with E-state index in [1.165, 1.54) is 0 Å². The molecule has 2 unspecified atom stereocenters. The molecule has 3 heterocycles. The van der Waals surface area contributed by atoms with Crippen molar-refractivity contribution in [3.05, 3.63) is 30.4 Å². The molecule has 0 saturated carbocycles. The third kappa shape index (κ3) is 2.76. The van der Waals surface area contributed by atoms with E-state index in [9.17, 15) is 4.79 Å². The molecule has 0 aromatic carbocycles. The molecule has 1 saturated heterocycles. The van der Waals surface area contributed by atoms with Crippen LogP contribution in [0.3, 0.4) is 0 Å². The highest BCUT2D eigenvalue weighted by molar-refractivity contribution is 6.00. The first-order valence-corrected chi connectivity index (χ1v) is 6.54. The van der Waals surface area contributed by atoms with E-state index in [1.807, 2.05) is 0 Å². The van der Waals surface area contributed by atoms with Gasteiger partial charge in [0.2, 0.25) is 0 Å². The van der Waals surface area contributed by atoms with Crippen LogP contribution in [0.5, 0.6) is 0 Å². The van der Waals surface area contributed by atoms with Gasteiger partial charge in [-0.25, -0.2) is 4.52 Å². The lowest BCUT2D eigenvalue weighted by Crippen LogP contribution is -2.50. The lowest BCUT2D eigenvalue weighted by molar-refractivity contribution is 0.0917. The molecule has 2 aromatic rings. The van der Waals surface area contributed by atoms with Crippen LogP contribution in [0.2, 0.25) is 0 Å². The number of halogens is 1. The lowest BCUT2D eigenvalue weighted by atomic mass is 9.94. The number of amides is 1. The highest BCUT2D eigenvalue weighted by Gasteiger charge is 2.24. The quantitative estimate of drug-likeness (QED) is 0.863. The molecular formula is C13H18ClN5O. The van der Waals surface area contributed by atoms with Crippen molar-refractivity contribution in [1.29, 1.82) is 0 Å². The van der Waals surface area contributed by atoms with Crippen LogP contribution in [-0.4, -0.2) is 39.6 Å². The van der Waals surface area contributed by atoms with E-state index < -0.39 is 0 Å². The summed E-state index contributed by atoms with van der Waals surface area (Å²) in [6.45, 7) is 4.02. The Morgan fingerprint density at radius 2 is 2.35 bits per heavy atom. The van der Waals surface area contributed by atoms with Crippen LogP contribution >= 0.6 is 12.4 Å². The predicted molar refractivity (Wildman–Crippen MR) is 78.1 cm³/mol. The maximum Gasteiger partial charge on any atom is 0.255 e. The molecule has 108 valence electrons. The van der Waals surface area contributed by atoms with Crippen LogP contribution < -0.4 is 10.6 Å². The minimum absolute atomic E-state index is 0. The Hall–Kier alpha value is -1.66. The van der Waals surface area contributed by atoms with Crippen molar-refractivity contribution in [1.82, 2.24) is 25.2 Å². The standard InChI is InChI=1S/C13H17N5O.ClH/c1-9-2-3-14-7-11(9)17-13(19)10-6-16-18-5-4-15-8-12(10)18;/h4-6,8-9,11,14H,2-3,7H2,1H3,(H,17,19);1H. The zero-order valence-corrected chi connectivity index (χ0v) is 12.1. The molecule has 1 aliphatic rings. The Bertz CT molecular complexity index is 599. The highest BCUT2D eigenvalue weighted by atomic mass is 35.5. The van der Waals surface area contributed by atoms with Gasteiger partial charge in [-0.05, 0) is 18.9 Å². The van der Waals surface area contributed by atoms with Crippen molar-refractivity contribution in [2.75, 3.05) is 13.1 Å².